The molecule has 1 fully saturated rings. The highest BCUT2D eigenvalue weighted by Crippen LogP contribution is 2.38. The van der Waals surface area contributed by atoms with E-state index in [2.05, 4.69) is 4.90 Å². The largest absolute Gasteiger partial charge is 0.503 e. The first-order chi connectivity index (χ1) is 15.1. The molecule has 0 radical (unpaired) electrons. The van der Waals surface area contributed by atoms with Gasteiger partial charge in [-0.05, 0) is 36.3 Å². The second-order valence-corrected chi connectivity index (χ2v) is 7.59. The molecule has 0 saturated carbocycles. The number of benzene rings is 1. The maximum Gasteiger partial charge on any atom is 0.290 e. The lowest BCUT2D eigenvalue weighted by Gasteiger charge is -2.29. The molecule has 7 heteroatoms. The standard InChI is InChI=1S/C24H26N2O5/c27-20(10-9-19-8-4-15-31-19)21-22(18-6-2-1-3-7-18)26(24(29)23(21)28)12-5-11-25-13-16-30-17-14-25/h1-4,6-10,15,22,28H,5,11-14,16-17H2/b10-9+/t22-/m0/s1. The van der Waals surface area contributed by atoms with E-state index in [0.29, 0.717) is 12.3 Å². The van der Waals surface area contributed by atoms with Gasteiger partial charge in [0, 0.05) is 26.2 Å². The zero-order chi connectivity index (χ0) is 21.6. The van der Waals surface area contributed by atoms with E-state index in [1.54, 1.807) is 17.0 Å². The van der Waals surface area contributed by atoms with Crippen LogP contribution in [0.3, 0.4) is 0 Å². The fraction of sp³-hybridized carbons (Fsp3) is 0.333. The number of amides is 1. The van der Waals surface area contributed by atoms with Gasteiger partial charge in [0.25, 0.3) is 5.91 Å². The molecule has 0 bridgehead atoms. The minimum Gasteiger partial charge on any atom is -0.503 e. The van der Waals surface area contributed by atoms with Crippen molar-refractivity contribution in [3.8, 4) is 0 Å². The lowest BCUT2D eigenvalue weighted by Crippen LogP contribution is -2.39. The Morgan fingerprint density at radius 2 is 1.87 bits per heavy atom. The summed E-state index contributed by atoms with van der Waals surface area (Å²) in [5.74, 6) is -0.872. The van der Waals surface area contributed by atoms with E-state index in [9.17, 15) is 14.7 Å². The average Bonchev–Trinajstić information content (AvgIpc) is 3.41. The summed E-state index contributed by atoms with van der Waals surface area (Å²) in [6.07, 6.45) is 5.14. The highest BCUT2D eigenvalue weighted by atomic mass is 16.5. The number of ketones is 1. The maximum absolute atomic E-state index is 13.0. The zero-order valence-electron chi connectivity index (χ0n) is 17.3. The monoisotopic (exact) mass is 422 g/mol. The van der Waals surface area contributed by atoms with E-state index >= 15 is 0 Å². The average molecular weight is 422 g/mol. The third kappa shape index (κ3) is 4.78. The van der Waals surface area contributed by atoms with Crippen LogP contribution in [0, 0.1) is 0 Å². The number of ether oxygens (including phenoxy) is 1. The minimum absolute atomic E-state index is 0.102. The van der Waals surface area contributed by atoms with Crippen LogP contribution in [0.2, 0.25) is 0 Å². The molecule has 1 N–H and O–H groups in total. The number of allylic oxidation sites excluding steroid dienone is 1. The molecule has 162 valence electrons. The normalized spacial score (nSPS) is 20.2. The number of aliphatic hydroxyl groups is 1. The maximum atomic E-state index is 13.0. The summed E-state index contributed by atoms with van der Waals surface area (Å²) in [7, 11) is 0. The lowest BCUT2D eigenvalue weighted by atomic mass is 9.95. The molecule has 2 aromatic rings. The Balaban J connectivity index is 1.54. The molecule has 4 rings (SSSR count). The molecular weight excluding hydrogens is 396 g/mol. The number of furan rings is 1. The third-order valence-corrected chi connectivity index (χ3v) is 5.60. The van der Waals surface area contributed by atoms with Crippen LogP contribution in [-0.2, 0) is 14.3 Å². The molecule has 0 spiro atoms. The van der Waals surface area contributed by atoms with Crippen LogP contribution >= 0.6 is 0 Å². The van der Waals surface area contributed by atoms with Crippen LogP contribution < -0.4 is 0 Å². The number of rotatable bonds is 8. The van der Waals surface area contributed by atoms with Gasteiger partial charge in [0.05, 0.1) is 31.1 Å². The molecule has 1 aromatic heterocycles. The second kappa shape index (κ2) is 9.76. The topological polar surface area (TPSA) is 83.2 Å². The van der Waals surface area contributed by atoms with E-state index in [4.69, 9.17) is 9.15 Å². The van der Waals surface area contributed by atoms with Crippen molar-refractivity contribution in [3.05, 3.63) is 77.5 Å². The Kier molecular flexibility index (Phi) is 6.64. The van der Waals surface area contributed by atoms with Crippen LogP contribution in [0.1, 0.15) is 23.8 Å². The Bertz CT molecular complexity index is 959. The number of hydrogen-bond donors (Lipinski definition) is 1. The summed E-state index contributed by atoms with van der Waals surface area (Å²) in [4.78, 5) is 29.8. The van der Waals surface area contributed by atoms with Crippen LogP contribution in [0.15, 0.2) is 70.6 Å². The molecule has 2 aliphatic heterocycles. The number of carbonyl (C=O) groups is 2. The predicted octanol–water partition coefficient (Wildman–Crippen LogP) is 2.98. The Morgan fingerprint density at radius 1 is 1.10 bits per heavy atom. The number of morpholine rings is 1. The van der Waals surface area contributed by atoms with Gasteiger partial charge >= 0.3 is 0 Å². The molecule has 0 unspecified atom stereocenters. The Morgan fingerprint density at radius 3 is 2.58 bits per heavy atom. The molecule has 31 heavy (non-hydrogen) atoms. The second-order valence-electron chi connectivity index (χ2n) is 7.59. The molecule has 3 heterocycles. The Hall–Kier alpha value is -3.16. The molecule has 7 nitrogen and oxygen atoms in total. The van der Waals surface area contributed by atoms with Gasteiger partial charge in [-0.1, -0.05) is 30.3 Å². The SMILES string of the molecule is O=C(/C=C/c1ccco1)C1=C(O)C(=O)N(CCCN2CCOCC2)[C@H]1c1ccccc1. The summed E-state index contributed by atoms with van der Waals surface area (Å²) in [5, 5.41) is 10.6. The number of hydrogen-bond acceptors (Lipinski definition) is 6. The molecular formula is C24H26N2O5. The van der Waals surface area contributed by atoms with Crippen molar-refractivity contribution in [2.24, 2.45) is 0 Å². The van der Waals surface area contributed by atoms with E-state index in [-0.39, 0.29) is 5.57 Å². The van der Waals surface area contributed by atoms with Crippen LogP contribution in [-0.4, -0.2) is 66.0 Å². The zero-order valence-corrected chi connectivity index (χ0v) is 17.3. The predicted molar refractivity (Wildman–Crippen MR) is 115 cm³/mol. The van der Waals surface area contributed by atoms with Gasteiger partial charge in [-0.2, -0.15) is 0 Å². The fourth-order valence-electron chi connectivity index (χ4n) is 4.04. The van der Waals surface area contributed by atoms with Gasteiger partial charge in [-0.15, -0.1) is 0 Å². The van der Waals surface area contributed by atoms with Gasteiger partial charge in [-0.3, -0.25) is 14.5 Å². The molecule has 1 saturated heterocycles. The molecule has 1 aromatic carbocycles. The van der Waals surface area contributed by atoms with Gasteiger partial charge < -0.3 is 19.2 Å². The van der Waals surface area contributed by atoms with Crippen molar-refractivity contribution in [1.82, 2.24) is 9.80 Å². The van der Waals surface area contributed by atoms with Gasteiger partial charge in [0.1, 0.15) is 5.76 Å². The van der Waals surface area contributed by atoms with Gasteiger partial charge in [0.2, 0.25) is 0 Å². The van der Waals surface area contributed by atoms with Crippen LogP contribution in [0.4, 0.5) is 0 Å². The highest BCUT2D eigenvalue weighted by molar-refractivity contribution is 6.14. The number of aliphatic hydroxyl groups excluding tert-OH is 1. The van der Waals surface area contributed by atoms with Crippen molar-refractivity contribution in [2.45, 2.75) is 12.5 Å². The van der Waals surface area contributed by atoms with Gasteiger partial charge in [-0.25, -0.2) is 0 Å². The molecule has 1 amide bonds. The quantitative estimate of drug-likeness (QED) is 0.659. The van der Waals surface area contributed by atoms with E-state index in [0.717, 1.165) is 44.8 Å². The third-order valence-electron chi connectivity index (χ3n) is 5.60. The number of nitrogens with zero attached hydrogens (tertiary/aromatic N) is 2. The first-order valence-electron chi connectivity index (χ1n) is 10.5. The van der Waals surface area contributed by atoms with Gasteiger partial charge in [0.15, 0.2) is 11.5 Å². The molecule has 0 aliphatic carbocycles. The lowest BCUT2D eigenvalue weighted by molar-refractivity contribution is -0.129. The first kappa shape index (κ1) is 21.1. The summed E-state index contributed by atoms with van der Waals surface area (Å²) >= 11 is 0. The Labute approximate surface area is 181 Å². The summed E-state index contributed by atoms with van der Waals surface area (Å²) in [5.41, 5.74) is 0.895. The highest BCUT2D eigenvalue weighted by Gasteiger charge is 2.42. The molecule has 2 aliphatic rings. The number of carbonyl (C=O) groups excluding carboxylic acids is 2. The van der Waals surface area contributed by atoms with E-state index in [1.165, 1.54) is 18.4 Å². The van der Waals surface area contributed by atoms with Crippen LogP contribution in [0.25, 0.3) is 6.08 Å². The summed E-state index contributed by atoms with van der Waals surface area (Å²) in [6, 6.07) is 12.2. The van der Waals surface area contributed by atoms with Crippen molar-refractivity contribution in [3.63, 3.8) is 0 Å². The van der Waals surface area contributed by atoms with Crippen molar-refractivity contribution in [2.75, 3.05) is 39.4 Å². The van der Waals surface area contributed by atoms with Crippen molar-refractivity contribution in [1.29, 1.82) is 0 Å². The fourth-order valence-corrected chi connectivity index (χ4v) is 4.04. The summed E-state index contributed by atoms with van der Waals surface area (Å²) < 4.78 is 10.6. The van der Waals surface area contributed by atoms with Crippen molar-refractivity contribution >= 4 is 17.8 Å². The van der Waals surface area contributed by atoms with E-state index < -0.39 is 23.5 Å². The van der Waals surface area contributed by atoms with Crippen molar-refractivity contribution < 1.29 is 23.8 Å². The van der Waals surface area contributed by atoms with Crippen LogP contribution in [0.5, 0.6) is 0 Å². The first-order valence-corrected chi connectivity index (χ1v) is 10.5. The molecule has 1 atom stereocenters. The van der Waals surface area contributed by atoms with E-state index in [1.807, 2.05) is 30.3 Å². The summed E-state index contributed by atoms with van der Waals surface area (Å²) in [6.45, 7) is 4.47. The smallest absolute Gasteiger partial charge is 0.290 e. The minimum atomic E-state index is -0.618.